The lowest BCUT2D eigenvalue weighted by Crippen LogP contribution is -2.24. The number of pyridine rings is 1. The fourth-order valence-electron chi connectivity index (χ4n) is 1.92. The molecule has 2 rings (SSSR count). The maximum atomic E-state index is 12.2. The van der Waals surface area contributed by atoms with Crippen molar-refractivity contribution in [2.24, 2.45) is 7.05 Å². The van der Waals surface area contributed by atoms with E-state index in [1.165, 1.54) is 19.2 Å². The number of nitrogens with zero attached hydrogens (tertiary/aromatic N) is 1. The number of esters is 1. The van der Waals surface area contributed by atoms with Crippen LogP contribution in [0, 0.1) is 0 Å². The van der Waals surface area contributed by atoms with E-state index < -0.39 is 11.5 Å². The van der Waals surface area contributed by atoms with Crippen LogP contribution in [0.1, 0.15) is 17.4 Å². The van der Waals surface area contributed by atoms with Crippen LogP contribution in [-0.4, -0.2) is 22.2 Å². The van der Waals surface area contributed by atoms with Gasteiger partial charge >= 0.3 is 5.97 Å². The molecule has 0 atom stereocenters. The van der Waals surface area contributed by atoms with Crippen LogP contribution in [-0.2, 0) is 11.8 Å². The Balaban J connectivity index is 2.89. The Hall–Kier alpha value is -1.72. The van der Waals surface area contributed by atoms with Gasteiger partial charge in [0.1, 0.15) is 0 Å². The zero-order chi connectivity index (χ0) is 15.0. The number of fused-ring (bicyclic) bond motifs is 1. The first-order valence-corrected chi connectivity index (χ1v) is 6.51. The van der Waals surface area contributed by atoms with Gasteiger partial charge in [0.25, 0.3) is 5.56 Å². The fourth-order valence-corrected chi connectivity index (χ4v) is 2.25. The fraction of sp³-hybridized carbons (Fsp3) is 0.231. The van der Waals surface area contributed by atoms with Crippen molar-refractivity contribution in [1.82, 2.24) is 4.57 Å². The number of rotatable bonds is 2. The van der Waals surface area contributed by atoms with E-state index in [4.69, 9.17) is 27.9 Å². The molecule has 0 radical (unpaired) electrons. The second-order valence-corrected chi connectivity index (χ2v) is 4.91. The summed E-state index contributed by atoms with van der Waals surface area (Å²) in [7, 11) is 1.37. The summed E-state index contributed by atoms with van der Waals surface area (Å²) >= 11 is 11.7. The summed E-state index contributed by atoms with van der Waals surface area (Å²) in [6.07, 6.45) is 0. The predicted molar refractivity (Wildman–Crippen MR) is 76.8 cm³/mol. The summed E-state index contributed by atoms with van der Waals surface area (Å²) in [6.45, 7) is 1.76. The molecule has 5 nitrogen and oxygen atoms in total. The molecule has 0 amide bonds. The summed E-state index contributed by atoms with van der Waals surface area (Å²) in [5, 5.41) is 10.9. The largest absolute Gasteiger partial charge is 0.505 e. The molecule has 0 fully saturated rings. The number of halogens is 2. The monoisotopic (exact) mass is 315 g/mol. The number of aromatic nitrogens is 1. The van der Waals surface area contributed by atoms with E-state index in [1.807, 2.05) is 0 Å². The van der Waals surface area contributed by atoms with Crippen LogP contribution in [0.3, 0.4) is 0 Å². The van der Waals surface area contributed by atoms with Crippen molar-refractivity contribution >= 4 is 39.9 Å². The van der Waals surface area contributed by atoms with Gasteiger partial charge in [-0.15, -0.1) is 0 Å². The molecule has 0 unspecified atom stereocenters. The van der Waals surface area contributed by atoms with E-state index in [9.17, 15) is 14.7 Å². The van der Waals surface area contributed by atoms with Crippen molar-refractivity contribution < 1.29 is 14.6 Å². The smallest absolute Gasteiger partial charge is 0.358 e. The Bertz CT molecular complexity index is 767. The number of aromatic hydroxyl groups is 1. The van der Waals surface area contributed by atoms with Crippen LogP contribution >= 0.6 is 23.2 Å². The van der Waals surface area contributed by atoms with Gasteiger partial charge in [-0.3, -0.25) is 4.79 Å². The van der Waals surface area contributed by atoms with Crippen molar-refractivity contribution in [3.8, 4) is 5.75 Å². The lowest BCUT2D eigenvalue weighted by Gasteiger charge is -2.12. The number of hydrogen-bond donors (Lipinski definition) is 1. The Morgan fingerprint density at radius 1 is 1.30 bits per heavy atom. The van der Waals surface area contributed by atoms with Gasteiger partial charge in [-0.1, -0.05) is 23.2 Å². The number of carbonyl (C=O) groups is 1. The van der Waals surface area contributed by atoms with E-state index in [2.05, 4.69) is 0 Å². The van der Waals surface area contributed by atoms with Crippen LogP contribution in [0.2, 0.25) is 10.0 Å². The summed E-state index contributed by atoms with van der Waals surface area (Å²) < 4.78 is 5.86. The average Bonchev–Trinajstić information content (AvgIpc) is 2.39. The molecule has 1 aromatic heterocycles. The van der Waals surface area contributed by atoms with Gasteiger partial charge in [0, 0.05) is 12.4 Å². The van der Waals surface area contributed by atoms with Crippen molar-refractivity contribution in [3.05, 3.63) is 38.2 Å². The maximum Gasteiger partial charge on any atom is 0.358 e. The minimum Gasteiger partial charge on any atom is -0.505 e. The van der Waals surface area contributed by atoms with Crippen LogP contribution in [0.15, 0.2) is 16.9 Å². The molecular formula is C13H11Cl2NO4. The molecule has 0 saturated heterocycles. The van der Waals surface area contributed by atoms with Crippen molar-refractivity contribution in [2.45, 2.75) is 6.92 Å². The lowest BCUT2D eigenvalue weighted by molar-refractivity contribution is 0.0510. The molecule has 0 bridgehead atoms. The van der Waals surface area contributed by atoms with E-state index >= 15 is 0 Å². The zero-order valence-electron chi connectivity index (χ0n) is 10.7. The summed E-state index contributed by atoms with van der Waals surface area (Å²) in [6, 6.07) is 2.70. The first-order chi connectivity index (χ1) is 9.38. The molecule has 0 spiro atoms. The number of hydrogen-bond acceptors (Lipinski definition) is 4. The van der Waals surface area contributed by atoms with Crippen LogP contribution in [0.5, 0.6) is 5.75 Å². The third-order valence-corrected chi connectivity index (χ3v) is 3.60. The molecule has 1 N–H and O–H groups in total. The maximum absolute atomic E-state index is 12.2. The van der Waals surface area contributed by atoms with Gasteiger partial charge in [-0.25, -0.2) is 4.79 Å². The molecule has 20 heavy (non-hydrogen) atoms. The number of ether oxygens (including phenoxy) is 1. The molecule has 106 valence electrons. The second kappa shape index (κ2) is 5.34. The first-order valence-electron chi connectivity index (χ1n) is 5.76. The Labute approximate surface area is 124 Å². The van der Waals surface area contributed by atoms with Crippen molar-refractivity contribution in [2.75, 3.05) is 6.61 Å². The molecule has 0 aliphatic carbocycles. The molecule has 2 aromatic rings. The molecule has 1 aromatic carbocycles. The van der Waals surface area contributed by atoms with Crippen molar-refractivity contribution in [1.29, 1.82) is 0 Å². The minimum atomic E-state index is -0.780. The quantitative estimate of drug-likeness (QED) is 0.865. The van der Waals surface area contributed by atoms with E-state index in [0.717, 1.165) is 4.57 Å². The second-order valence-electron chi connectivity index (χ2n) is 4.09. The summed E-state index contributed by atoms with van der Waals surface area (Å²) in [4.78, 5) is 24.0. The Kier molecular flexibility index (Phi) is 3.92. The minimum absolute atomic E-state index is 0.131. The average molecular weight is 316 g/mol. The highest BCUT2D eigenvalue weighted by Gasteiger charge is 2.22. The highest BCUT2D eigenvalue weighted by atomic mass is 35.5. The molecule has 0 saturated carbocycles. The van der Waals surface area contributed by atoms with Gasteiger partial charge in [0.2, 0.25) is 0 Å². The number of carbonyl (C=O) groups excluding carboxylic acids is 1. The molecule has 7 heteroatoms. The summed E-state index contributed by atoms with van der Waals surface area (Å²) in [5.41, 5.74) is -0.692. The third-order valence-electron chi connectivity index (χ3n) is 2.88. The summed E-state index contributed by atoms with van der Waals surface area (Å²) in [5.74, 6) is -1.14. The Morgan fingerprint density at radius 2 is 1.85 bits per heavy atom. The lowest BCUT2D eigenvalue weighted by atomic mass is 10.1. The Morgan fingerprint density at radius 3 is 2.40 bits per heavy atom. The van der Waals surface area contributed by atoms with Gasteiger partial charge < -0.3 is 14.4 Å². The standard InChI is InChI=1S/C13H11Cl2NO4/c1-3-20-13(19)10-11(17)6-4-8(14)9(15)5-7(6)12(18)16(10)2/h4-5,17H,3H2,1-2H3. The number of benzene rings is 1. The highest BCUT2D eigenvalue weighted by molar-refractivity contribution is 6.42. The molecule has 0 aliphatic rings. The van der Waals surface area contributed by atoms with Crippen molar-refractivity contribution in [3.63, 3.8) is 0 Å². The highest BCUT2D eigenvalue weighted by Crippen LogP contribution is 2.32. The SMILES string of the molecule is CCOC(=O)c1c(O)c2cc(Cl)c(Cl)cc2c(=O)n1C. The zero-order valence-corrected chi connectivity index (χ0v) is 12.2. The topological polar surface area (TPSA) is 68.5 Å². The normalized spacial score (nSPS) is 10.8. The van der Waals surface area contributed by atoms with Crippen LogP contribution in [0.25, 0.3) is 10.8 Å². The first kappa shape index (κ1) is 14.7. The van der Waals surface area contributed by atoms with E-state index in [-0.39, 0.29) is 38.9 Å². The van der Waals surface area contributed by atoms with Gasteiger partial charge in [-0.2, -0.15) is 0 Å². The van der Waals surface area contributed by atoms with Gasteiger partial charge in [0.15, 0.2) is 11.4 Å². The molecule has 1 heterocycles. The predicted octanol–water partition coefficient (Wildman–Crippen LogP) is 2.73. The molecular weight excluding hydrogens is 305 g/mol. The van der Waals surface area contributed by atoms with E-state index in [1.54, 1.807) is 6.92 Å². The van der Waals surface area contributed by atoms with E-state index in [0.29, 0.717) is 0 Å². The van der Waals surface area contributed by atoms with Gasteiger partial charge in [-0.05, 0) is 19.1 Å². The third kappa shape index (κ3) is 2.23. The van der Waals surface area contributed by atoms with Crippen LogP contribution in [0.4, 0.5) is 0 Å². The molecule has 0 aliphatic heterocycles. The van der Waals surface area contributed by atoms with Crippen LogP contribution < -0.4 is 5.56 Å². The van der Waals surface area contributed by atoms with Gasteiger partial charge in [0.05, 0.1) is 22.0 Å².